The lowest BCUT2D eigenvalue weighted by molar-refractivity contribution is 0.542. The Kier molecular flexibility index (Phi) is 5.72. The zero-order valence-electron chi connectivity index (χ0n) is 11.3. The van der Waals surface area contributed by atoms with E-state index in [2.05, 4.69) is 21.8 Å². The summed E-state index contributed by atoms with van der Waals surface area (Å²) in [4.78, 5) is 0. The average molecular weight is 280 g/mol. The third-order valence-corrected chi connectivity index (χ3v) is 2.78. The highest BCUT2D eigenvalue weighted by atomic mass is 32.2. The Morgan fingerprint density at radius 3 is 2.74 bits per heavy atom. The third kappa shape index (κ3) is 4.84. The molecule has 6 heteroatoms. The summed E-state index contributed by atoms with van der Waals surface area (Å²) in [6, 6.07) is 5.47. The van der Waals surface area contributed by atoms with E-state index in [-0.39, 0.29) is 0 Å². The maximum Gasteiger partial charge on any atom is 0.0697 e. The van der Waals surface area contributed by atoms with Gasteiger partial charge >= 0.3 is 0 Å². The number of hydrazone groups is 1. The van der Waals surface area contributed by atoms with Crippen molar-refractivity contribution in [2.75, 3.05) is 4.72 Å². The first-order valence-corrected chi connectivity index (χ1v) is 6.96. The molecule has 1 atom stereocenters. The first-order valence-electron chi connectivity index (χ1n) is 5.89. The van der Waals surface area contributed by atoms with Crippen LogP contribution in [-0.4, -0.2) is 14.5 Å². The van der Waals surface area contributed by atoms with Crippen molar-refractivity contribution in [2.45, 2.75) is 27.2 Å². The summed E-state index contributed by atoms with van der Waals surface area (Å²) in [5.74, 6) is 0. The molecule has 0 heterocycles. The van der Waals surface area contributed by atoms with Gasteiger partial charge in [0.15, 0.2) is 0 Å². The van der Waals surface area contributed by atoms with Crippen LogP contribution in [0.5, 0.6) is 0 Å². The minimum atomic E-state index is -2.36. The van der Waals surface area contributed by atoms with E-state index in [1.807, 2.05) is 26.0 Å². The second-order valence-corrected chi connectivity index (χ2v) is 4.86. The minimum Gasteiger partial charge on any atom is -0.755 e. The standard InChI is InChI=1S/C13H19N3O2S/c1-5-12(15-14-9(2)3)11-8-10(4)6-7-13(11)16-19(17)18/h6-8,14,16H,2,5H2,1,3-4H3,(H,17,18)/p-1/b15-12+. The molecule has 0 amide bonds. The highest BCUT2D eigenvalue weighted by molar-refractivity contribution is 7.80. The number of benzene rings is 1. The molecule has 1 aromatic carbocycles. The van der Waals surface area contributed by atoms with Gasteiger partial charge in [0.2, 0.25) is 0 Å². The molecule has 0 saturated heterocycles. The van der Waals surface area contributed by atoms with Gasteiger partial charge in [-0.2, -0.15) is 5.10 Å². The van der Waals surface area contributed by atoms with Gasteiger partial charge in [0.1, 0.15) is 0 Å². The third-order valence-electron chi connectivity index (χ3n) is 2.40. The number of hydrogen-bond acceptors (Lipinski definition) is 4. The van der Waals surface area contributed by atoms with E-state index in [1.165, 1.54) is 0 Å². The maximum atomic E-state index is 10.8. The zero-order chi connectivity index (χ0) is 14.4. The van der Waals surface area contributed by atoms with E-state index in [0.29, 0.717) is 12.1 Å². The van der Waals surface area contributed by atoms with E-state index in [0.717, 1.165) is 22.5 Å². The van der Waals surface area contributed by atoms with Crippen LogP contribution in [0.3, 0.4) is 0 Å². The number of anilines is 1. The van der Waals surface area contributed by atoms with E-state index < -0.39 is 11.3 Å². The van der Waals surface area contributed by atoms with Gasteiger partial charge < -0.3 is 9.27 Å². The lowest BCUT2D eigenvalue weighted by Crippen LogP contribution is -2.12. The molecule has 1 unspecified atom stereocenters. The molecule has 0 saturated carbocycles. The van der Waals surface area contributed by atoms with Crippen molar-refractivity contribution in [3.63, 3.8) is 0 Å². The number of hydrogen-bond donors (Lipinski definition) is 2. The fourth-order valence-corrected chi connectivity index (χ4v) is 1.93. The summed E-state index contributed by atoms with van der Waals surface area (Å²) in [5.41, 5.74) is 6.61. The van der Waals surface area contributed by atoms with Crippen molar-refractivity contribution in [3.05, 3.63) is 41.6 Å². The van der Waals surface area contributed by atoms with Crippen LogP contribution in [0.25, 0.3) is 0 Å². The molecule has 104 valence electrons. The van der Waals surface area contributed by atoms with Gasteiger partial charge in [0.25, 0.3) is 0 Å². The van der Waals surface area contributed by atoms with Gasteiger partial charge in [-0.25, -0.2) is 0 Å². The fraction of sp³-hybridized carbons (Fsp3) is 0.308. The van der Waals surface area contributed by atoms with E-state index >= 15 is 0 Å². The van der Waals surface area contributed by atoms with Crippen LogP contribution in [0.1, 0.15) is 31.4 Å². The van der Waals surface area contributed by atoms with Gasteiger partial charge in [-0.3, -0.25) is 9.63 Å². The molecule has 1 rings (SSSR count). The summed E-state index contributed by atoms with van der Waals surface area (Å²) in [7, 11) is 0. The van der Waals surface area contributed by atoms with Crippen molar-refractivity contribution in [2.24, 2.45) is 5.10 Å². The minimum absolute atomic E-state index is 0.517. The van der Waals surface area contributed by atoms with E-state index in [1.54, 1.807) is 13.0 Å². The number of nitrogens with one attached hydrogen (secondary N) is 2. The Morgan fingerprint density at radius 2 is 2.21 bits per heavy atom. The zero-order valence-corrected chi connectivity index (χ0v) is 12.1. The van der Waals surface area contributed by atoms with Gasteiger partial charge in [-0.15, -0.1) is 0 Å². The molecule has 0 aliphatic heterocycles. The van der Waals surface area contributed by atoms with Gasteiger partial charge in [0, 0.05) is 22.5 Å². The number of rotatable bonds is 6. The van der Waals surface area contributed by atoms with Gasteiger partial charge in [-0.1, -0.05) is 25.1 Å². The molecule has 0 fully saturated rings. The predicted molar refractivity (Wildman–Crippen MR) is 78.5 cm³/mol. The second kappa shape index (κ2) is 7.06. The Labute approximate surface area is 116 Å². The monoisotopic (exact) mass is 280 g/mol. The molecule has 0 spiro atoms. The number of nitrogens with zero attached hydrogens (tertiary/aromatic N) is 1. The quantitative estimate of drug-likeness (QED) is 0.477. The van der Waals surface area contributed by atoms with Gasteiger partial charge in [0.05, 0.1) is 11.4 Å². The highest BCUT2D eigenvalue weighted by Crippen LogP contribution is 2.20. The lowest BCUT2D eigenvalue weighted by atomic mass is 10.0. The SMILES string of the molecule is C=C(C)N/N=C(\CC)c1cc(C)ccc1NS(=O)[O-]. The molecule has 0 aromatic heterocycles. The first-order chi connectivity index (χ1) is 8.93. The molecule has 2 N–H and O–H groups in total. The maximum absolute atomic E-state index is 10.8. The predicted octanol–water partition coefficient (Wildman–Crippen LogP) is 2.44. The lowest BCUT2D eigenvalue weighted by Gasteiger charge is -2.15. The second-order valence-electron chi connectivity index (χ2n) is 4.19. The van der Waals surface area contributed by atoms with Crippen LogP contribution in [0.4, 0.5) is 5.69 Å². The van der Waals surface area contributed by atoms with Crippen LogP contribution in [0, 0.1) is 6.92 Å². The van der Waals surface area contributed by atoms with Crippen molar-refractivity contribution in [1.29, 1.82) is 0 Å². The van der Waals surface area contributed by atoms with Crippen LogP contribution >= 0.6 is 0 Å². The molecule has 0 aliphatic carbocycles. The van der Waals surface area contributed by atoms with Crippen LogP contribution in [0.2, 0.25) is 0 Å². The molecule has 0 radical (unpaired) electrons. The molecule has 0 bridgehead atoms. The number of aryl methyl sites for hydroxylation is 1. The highest BCUT2D eigenvalue weighted by Gasteiger charge is 2.08. The van der Waals surface area contributed by atoms with Crippen molar-refractivity contribution in [1.82, 2.24) is 5.43 Å². The smallest absolute Gasteiger partial charge is 0.0697 e. The summed E-state index contributed by atoms with van der Waals surface area (Å²) in [5, 5.41) is 4.25. The largest absolute Gasteiger partial charge is 0.755 e. The Hall–Kier alpha value is -1.66. The van der Waals surface area contributed by atoms with Crippen LogP contribution in [0.15, 0.2) is 35.6 Å². The average Bonchev–Trinajstić information content (AvgIpc) is 2.32. The first kappa shape index (κ1) is 15.4. The number of allylic oxidation sites excluding steroid dienone is 1. The van der Waals surface area contributed by atoms with E-state index in [4.69, 9.17) is 0 Å². The summed E-state index contributed by atoms with van der Waals surface area (Å²) in [6.07, 6.45) is 0.671. The van der Waals surface area contributed by atoms with Crippen molar-refractivity contribution in [3.8, 4) is 0 Å². The molecular weight excluding hydrogens is 262 g/mol. The Balaban J connectivity index is 3.20. The Bertz CT molecular complexity index is 527. The molecule has 1 aromatic rings. The summed E-state index contributed by atoms with van der Waals surface area (Å²) < 4.78 is 24.0. The normalized spacial score (nSPS) is 12.9. The van der Waals surface area contributed by atoms with Crippen LogP contribution in [-0.2, 0) is 11.3 Å². The molecular formula is C13H18N3O2S-. The summed E-state index contributed by atoms with van der Waals surface area (Å²) in [6.45, 7) is 9.42. The van der Waals surface area contributed by atoms with Crippen molar-refractivity contribution < 1.29 is 8.76 Å². The fourth-order valence-electron chi connectivity index (χ4n) is 1.57. The topological polar surface area (TPSA) is 76.5 Å². The molecule has 19 heavy (non-hydrogen) atoms. The van der Waals surface area contributed by atoms with Crippen LogP contribution < -0.4 is 10.1 Å². The summed E-state index contributed by atoms with van der Waals surface area (Å²) >= 11 is -2.36. The van der Waals surface area contributed by atoms with E-state index in [9.17, 15) is 8.76 Å². The Morgan fingerprint density at radius 1 is 1.53 bits per heavy atom. The van der Waals surface area contributed by atoms with Crippen molar-refractivity contribution >= 4 is 22.7 Å². The van der Waals surface area contributed by atoms with Gasteiger partial charge in [-0.05, 0) is 32.4 Å². The molecule has 5 nitrogen and oxygen atoms in total. The molecule has 0 aliphatic rings.